The molecule has 8 nitrogen and oxygen atoms in total. The van der Waals surface area contributed by atoms with E-state index in [0.29, 0.717) is 28.8 Å². The number of nitrogens with one attached hydrogen (secondary N) is 1. The highest BCUT2D eigenvalue weighted by Crippen LogP contribution is 2.33. The highest BCUT2D eigenvalue weighted by molar-refractivity contribution is 5.99. The summed E-state index contributed by atoms with van der Waals surface area (Å²) in [5.74, 6) is 0.0465. The highest BCUT2D eigenvalue weighted by Gasteiger charge is 2.36. The van der Waals surface area contributed by atoms with Crippen LogP contribution in [0.5, 0.6) is 5.75 Å². The number of rotatable bonds is 8. The average molecular weight is 489 g/mol. The Kier molecular flexibility index (Phi) is 6.86. The van der Waals surface area contributed by atoms with Crippen molar-refractivity contribution >= 4 is 11.6 Å². The third-order valence-electron chi connectivity index (χ3n) is 5.98. The van der Waals surface area contributed by atoms with Crippen LogP contribution < -0.4 is 10.1 Å². The van der Waals surface area contributed by atoms with Gasteiger partial charge in [-0.15, -0.1) is 0 Å². The first kappa shape index (κ1) is 24.4. The Labute approximate surface area is 201 Å². The Morgan fingerprint density at radius 3 is 2.60 bits per heavy atom. The number of aromatic nitrogens is 3. The number of hydrogen-bond donors (Lipinski definition) is 1. The molecule has 0 radical (unpaired) electrons. The lowest BCUT2D eigenvalue weighted by Gasteiger charge is -2.29. The average Bonchev–Trinajstić information content (AvgIpc) is 3.43. The number of carbonyl (C=O) groups is 1. The van der Waals surface area contributed by atoms with E-state index in [1.165, 1.54) is 7.11 Å². The van der Waals surface area contributed by atoms with E-state index in [-0.39, 0.29) is 23.1 Å². The second-order valence-electron chi connectivity index (χ2n) is 8.25. The number of methoxy groups -OCH3 is 1. The van der Waals surface area contributed by atoms with Crippen molar-refractivity contribution in [3.63, 3.8) is 0 Å². The van der Waals surface area contributed by atoms with Gasteiger partial charge >= 0.3 is 6.18 Å². The largest absolute Gasteiger partial charge is 0.497 e. The lowest BCUT2D eigenvalue weighted by Crippen LogP contribution is -2.37. The fraction of sp³-hybridized carbons (Fsp3) is 0.375. The minimum atomic E-state index is -4.69. The van der Waals surface area contributed by atoms with Crippen molar-refractivity contribution in [2.24, 2.45) is 0 Å². The molecule has 1 aliphatic heterocycles. The van der Waals surface area contributed by atoms with Crippen molar-refractivity contribution < 1.29 is 22.7 Å². The number of halogens is 3. The van der Waals surface area contributed by atoms with Gasteiger partial charge in [0, 0.05) is 38.1 Å². The van der Waals surface area contributed by atoms with Crippen LogP contribution in [0, 0.1) is 0 Å². The summed E-state index contributed by atoms with van der Waals surface area (Å²) < 4.78 is 47.2. The zero-order valence-electron chi connectivity index (χ0n) is 19.7. The minimum Gasteiger partial charge on any atom is -0.497 e. The van der Waals surface area contributed by atoms with Crippen LogP contribution in [0.2, 0.25) is 0 Å². The Morgan fingerprint density at radius 1 is 1.20 bits per heavy atom. The number of benzene rings is 1. The lowest BCUT2D eigenvalue weighted by atomic mass is 10.1. The molecule has 0 aliphatic carbocycles. The van der Waals surface area contributed by atoms with E-state index >= 15 is 0 Å². The van der Waals surface area contributed by atoms with E-state index in [1.807, 2.05) is 19.4 Å². The summed E-state index contributed by atoms with van der Waals surface area (Å²) in [6, 6.07) is 7.42. The number of fused-ring (bicyclic) bond motifs is 1. The van der Waals surface area contributed by atoms with Gasteiger partial charge in [-0.2, -0.15) is 18.3 Å². The van der Waals surface area contributed by atoms with Gasteiger partial charge in [-0.3, -0.25) is 4.79 Å². The predicted molar refractivity (Wildman–Crippen MR) is 125 cm³/mol. The predicted octanol–water partition coefficient (Wildman–Crippen LogP) is 4.00. The minimum absolute atomic E-state index is 0.0156. The number of nitrogens with zero attached hydrogens (tertiary/aromatic N) is 5. The van der Waals surface area contributed by atoms with E-state index in [4.69, 9.17) is 4.74 Å². The maximum absolute atomic E-state index is 13.8. The van der Waals surface area contributed by atoms with Crippen LogP contribution >= 0.6 is 0 Å². The van der Waals surface area contributed by atoms with E-state index in [1.54, 1.807) is 24.3 Å². The summed E-state index contributed by atoms with van der Waals surface area (Å²) in [5, 5.41) is 6.60. The van der Waals surface area contributed by atoms with Crippen molar-refractivity contribution in [1.82, 2.24) is 29.7 Å². The van der Waals surface area contributed by atoms with Gasteiger partial charge in [-0.05, 0) is 43.2 Å². The molecule has 1 atom stereocenters. The van der Waals surface area contributed by atoms with Gasteiger partial charge in [0.1, 0.15) is 17.5 Å². The van der Waals surface area contributed by atoms with Gasteiger partial charge in [-0.25, -0.2) is 9.50 Å². The third kappa shape index (κ3) is 5.03. The van der Waals surface area contributed by atoms with Crippen LogP contribution in [0.1, 0.15) is 35.8 Å². The molecule has 3 heterocycles. The molecule has 1 amide bonds. The Balaban J connectivity index is 1.54. The number of carbonyl (C=O) groups excluding carboxylic acids is 1. The fourth-order valence-corrected chi connectivity index (χ4v) is 4.16. The molecule has 11 heteroatoms. The molecule has 186 valence electrons. The molecular weight excluding hydrogens is 461 g/mol. The van der Waals surface area contributed by atoms with Gasteiger partial charge in [0.25, 0.3) is 5.91 Å². The Hall–Kier alpha value is -3.76. The first-order valence-electron chi connectivity index (χ1n) is 11.3. The first-order chi connectivity index (χ1) is 16.7. The zero-order valence-corrected chi connectivity index (χ0v) is 19.7. The summed E-state index contributed by atoms with van der Waals surface area (Å²) in [5.41, 5.74) is -0.641. The smallest absolute Gasteiger partial charge is 0.433 e. The fourth-order valence-electron chi connectivity index (χ4n) is 4.16. The van der Waals surface area contributed by atoms with E-state index < -0.39 is 17.8 Å². The van der Waals surface area contributed by atoms with Crippen LogP contribution in [0.4, 0.5) is 13.2 Å². The second kappa shape index (κ2) is 9.85. The number of amides is 1. The molecule has 3 aromatic rings. The SMILES string of the molecule is CCC1N(C)C=CN1CCCNC(=O)c1cnn2c(C(F)(F)F)cc(-c3ccc(OC)cc3)nc12. The van der Waals surface area contributed by atoms with Crippen molar-refractivity contribution in [3.05, 3.63) is 60.2 Å². The topological polar surface area (TPSA) is 75.0 Å². The van der Waals surface area contributed by atoms with Gasteiger partial charge in [0.15, 0.2) is 11.3 Å². The summed E-state index contributed by atoms with van der Waals surface area (Å²) >= 11 is 0. The summed E-state index contributed by atoms with van der Waals surface area (Å²) in [6.45, 7) is 3.22. The summed E-state index contributed by atoms with van der Waals surface area (Å²) in [4.78, 5) is 21.5. The van der Waals surface area contributed by atoms with Crippen LogP contribution in [-0.2, 0) is 6.18 Å². The van der Waals surface area contributed by atoms with Gasteiger partial charge in [0.05, 0.1) is 19.0 Å². The van der Waals surface area contributed by atoms with Crippen molar-refractivity contribution in [1.29, 1.82) is 0 Å². The molecule has 4 rings (SSSR count). The zero-order chi connectivity index (χ0) is 25.2. The Morgan fingerprint density at radius 2 is 1.94 bits per heavy atom. The molecule has 0 bridgehead atoms. The quantitative estimate of drug-likeness (QED) is 0.483. The normalized spacial score (nSPS) is 15.8. The van der Waals surface area contributed by atoms with E-state index in [2.05, 4.69) is 32.1 Å². The molecule has 1 unspecified atom stereocenters. The van der Waals surface area contributed by atoms with Crippen molar-refractivity contribution in [2.75, 3.05) is 27.2 Å². The van der Waals surface area contributed by atoms with Gasteiger partial charge < -0.3 is 19.9 Å². The molecule has 35 heavy (non-hydrogen) atoms. The Bertz CT molecular complexity index is 1220. The summed E-state index contributed by atoms with van der Waals surface area (Å²) in [6.07, 6.45) is 2.39. The van der Waals surface area contributed by atoms with E-state index in [9.17, 15) is 18.0 Å². The van der Waals surface area contributed by atoms with Crippen molar-refractivity contribution in [3.8, 4) is 17.0 Å². The number of alkyl halides is 3. The molecule has 0 saturated carbocycles. The summed E-state index contributed by atoms with van der Waals surface area (Å²) in [7, 11) is 3.51. The third-order valence-corrected chi connectivity index (χ3v) is 5.98. The lowest BCUT2D eigenvalue weighted by molar-refractivity contribution is -0.142. The highest BCUT2D eigenvalue weighted by atomic mass is 19.4. The van der Waals surface area contributed by atoms with Crippen LogP contribution in [0.25, 0.3) is 16.9 Å². The number of ether oxygens (including phenoxy) is 1. The molecule has 0 fully saturated rings. The maximum Gasteiger partial charge on any atom is 0.433 e. The number of hydrogen-bond acceptors (Lipinski definition) is 6. The van der Waals surface area contributed by atoms with Crippen LogP contribution in [-0.4, -0.2) is 63.7 Å². The molecule has 1 aromatic carbocycles. The van der Waals surface area contributed by atoms with Crippen molar-refractivity contribution in [2.45, 2.75) is 32.1 Å². The second-order valence-corrected chi connectivity index (χ2v) is 8.25. The molecule has 2 aromatic heterocycles. The maximum atomic E-state index is 13.8. The monoisotopic (exact) mass is 488 g/mol. The van der Waals surface area contributed by atoms with Crippen LogP contribution in [0.3, 0.4) is 0 Å². The first-order valence-corrected chi connectivity index (χ1v) is 11.3. The van der Waals surface area contributed by atoms with E-state index in [0.717, 1.165) is 25.2 Å². The standard InChI is InChI=1S/C24H27F3N6O2/c1-4-21-31(2)12-13-32(21)11-5-10-28-23(34)18-15-29-33-20(24(25,26)27)14-19(30-22(18)33)16-6-8-17(35-3)9-7-16/h6-9,12-15,21H,4-5,10-11H2,1-3H3,(H,28,34). The molecular formula is C24H27F3N6O2. The molecule has 1 N–H and O–H groups in total. The molecule has 0 saturated heterocycles. The molecule has 0 spiro atoms. The van der Waals surface area contributed by atoms with Crippen LogP contribution in [0.15, 0.2) is 48.9 Å². The molecule has 1 aliphatic rings. The van der Waals surface area contributed by atoms with Gasteiger partial charge in [0.2, 0.25) is 0 Å². The van der Waals surface area contributed by atoms with Gasteiger partial charge in [-0.1, -0.05) is 6.92 Å².